The van der Waals surface area contributed by atoms with Gasteiger partial charge >= 0.3 is 0 Å². The normalized spacial score (nSPS) is 13.1. The number of carbonyl (C=O) groups excluding carboxylic acids is 2. The zero-order valence-corrected chi connectivity index (χ0v) is 16.9. The van der Waals surface area contributed by atoms with Crippen molar-refractivity contribution in [2.45, 2.75) is 32.2 Å². The molecule has 0 unspecified atom stereocenters. The van der Waals surface area contributed by atoms with Gasteiger partial charge in [-0.05, 0) is 48.4 Å². The number of rotatable bonds is 9. The maximum atomic E-state index is 12.2. The Kier molecular flexibility index (Phi) is 6.28. The summed E-state index contributed by atoms with van der Waals surface area (Å²) in [4.78, 5) is 24.0. The highest BCUT2D eigenvalue weighted by Gasteiger charge is 2.29. The topological polar surface area (TPSA) is 67.4 Å². The third kappa shape index (κ3) is 5.38. The van der Waals surface area contributed by atoms with Crippen molar-refractivity contribution in [3.63, 3.8) is 0 Å². The Balaban J connectivity index is 1.19. The van der Waals surface area contributed by atoms with Crippen molar-refractivity contribution in [1.29, 1.82) is 0 Å². The largest absolute Gasteiger partial charge is 0.493 e. The second kappa shape index (κ2) is 9.44. The van der Waals surface area contributed by atoms with Gasteiger partial charge in [-0.2, -0.15) is 0 Å². The van der Waals surface area contributed by atoms with Crippen molar-refractivity contribution in [1.82, 2.24) is 5.32 Å². The molecule has 5 nitrogen and oxygen atoms in total. The Morgan fingerprint density at radius 3 is 2.63 bits per heavy atom. The summed E-state index contributed by atoms with van der Waals surface area (Å²) in [6, 6.07) is 21.7. The minimum atomic E-state index is -0.0102. The molecule has 5 heteroatoms. The minimum absolute atomic E-state index is 0.0102. The third-order valence-electron chi connectivity index (χ3n) is 5.19. The molecule has 4 rings (SSSR count). The van der Waals surface area contributed by atoms with Gasteiger partial charge in [-0.25, -0.2) is 0 Å². The Bertz CT molecular complexity index is 1040. The van der Waals surface area contributed by atoms with E-state index >= 15 is 0 Å². The molecule has 0 bridgehead atoms. The Morgan fingerprint density at radius 2 is 1.77 bits per heavy atom. The van der Waals surface area contributed by atoms with Gasteiger partial charge in [-0.1, -0.05) is 48.5 Å². The fourth-order valence-electron chi connectivity index (χ4n) is 3.37. The summed E-state index contributed by atoms with van der Waals surface area (Å²) in [5, 5.41) is 8.09. The predicted molar refractivity (Wildman–Crippen MR) is 118 cm³/mol. The molecule has 154 valence electrons. The van der Waals surface area contributed by atoms with Crippen LogP contribution < -0.4 is 15.4 Å². The summed E-state index contributed by atoms with van der Waals surface area (Å²) < 4.78 is 5.89. The van der Waals surface area contributed by atoms with Crippen molar-refractivity contribution in [2.24, 2.45) is 5.92 Å². The molecule has 1 fully saturated rings. The van der Waals surface area contributed by atoms with Crippen molar-refractivity contribution < 1.29 is 14.3 Å². The van der Waals surface area contributed by atoms with E-state index in [-0.39, 0.29) is 17.7 Å². The number of carbonyl (C=O) groups is 2. The lowest BCUT2D eigenvalue weighted by Crippen LogP contribution is -2.23. The molecule has 0 aliphatic heterocycles. The second-order valence-corrected chi connectivity index (χ2v) is 7.67. The van der Waals surface area contributed by atoms with Gasteiger partial charge in [-0.3, -0.25) is 9.59 Å². The smallest absolute Gasteiger partial charge is 0.227 e. The van der Waals surface area contributed by atoms with Gasteiger partial charge < -0.3 is 15.4 Å². The standard InChI is InChI=1S/C25H26N2O3/c28-24(12-5-15-30-23-11-4-8-19-7-1-2-10-22(19)23)26-17-18-6-3-9-21(16-18)27-25(29)20-13-14-20/h1-4,6-11,16,20H,5,12-15,17H2,(H,26,28)(H,27,29). The molecule has 1 saturated carbocycles. The van der Waals surface area contributed by atoms with Gasteiger partial charge in [0.05, 0.1) is 6.61 Å². The van der Waals surface area contributed by atoms with E-state index in [2.05, 4.69) is 22.8 Å². The van der Waals surface area contributed by atoms with Gasteiger partial charge in [0, 0.05) is 30.0 Å². The van der Waals surface area contributed by atoms with Gasteiger partial charge in [-0.15, -0.1) is 0 Å². The summed E-state index contributed by atoms with van der Waals surface area (Å²) >= 11 is 0. The first-order valence-electron chi connectivity index (χ1n) is 10.5. The summed E-state index contributed by atoms with van der Waals surface area (Å²) in [6.45, 7) is 0.931. The Labute approximate surface area is 176 Å². The minimum Gasteiger partial charge on any atom is -0.493 e. The molecule has 3 aromatic rings. The van der Waals surface area contributed by atoms with Gasteiger partial charge in [0.2, 0.25) is 11.8 Å². The number of benzene rings is 3. The molecule has 2 N–H and O–H groups in total. The van der Waals surface area contributed by atoms with E-state index in [0.29, 0.717) is 26.0 Å². The number of nitrogens with one attached hydrogen (secondary N) is 2. The molecule has 2 amide bonds. The van der Waals surface area contributed by atoms with Crippen LogP contribution in [0.2, 0.25) is 0 Å². The maximum absolute atomic E-state index is 12.2. The lowest BCUT2D eigenvalue weighted by molar-refractivity contribution is -0.121. The van der Waals surface area contributed by atoms with E-state index in [1.54, 1.807) is 0 Å². The number of hydrogen-bond acceptors (Lipinski definition) is 3. The molecular weight excluding hydrogens is 376 g/mol. The van der Waals surface area contributed by atoms with Crippen LogP contribution in [0, 0.1) is 5.92 Å². The van der Waals surface area contributed by atoms with E-state index in [0.717, 1.165) is 40.6 Å². The van der Waals surface area contributed by atoms with Crippen LogP contribution in [0.3, 0.4) is 0 Å². The highest BCUT2D eigenvalue weighted by Crippen LogP contribution is 2.30. The molecule has 0 atom stereocenters. The highest BCUT2D eigenvalue weighted by molar-refractivity contribution is 5.94. The average molecular weight is 402 g/mol. The number of hydrogen-bond donors (Lipinski definition) is 2. The van der Waals surface area contributed by atoms with Crippen LogP contribution >= 0.6 is 0 Å². The number of ether oxygens (including phenoxy) is 1. The monoisotopic (exact) mass is 402 g/mol. The SMILES string of the molecule is O=C(CCCOc1cccc2ccccc12)NCc1cccc(NC(=O)C2CC2)c1. The summed E-state index contributed by atoms with van der Waals surface area (Å²) in [7, 11) is 0. The molecule has 0 aromatic heterocycles. The number of anilines is 1. The lowest BCUT2D eigenvalue weighted by atomic mass is 10.1. The lowest BCUT2D eigenvalue weighted by Gasteiger charge is -2.10. The third-order valence-corrected chi connectivity index (χ3v) is 5.19. The zero-order valence-electron chi connectivity index (χ0n) is 16.9. The number of amides is 2. The van der Waals surface area contributed by atoms with Crippen LogP contribution in [0.5, 0.6) is 5.75 Å². The predicted octanol–water partition coefficient (Wildman–Crippen LogP) is 4.66. The first kappa shape index (κ1) is 20.0. The second-order valence-electron chi connectivity index (χ2n) is 7.67. The van der Waals surface area contributed by atoms with Crippen LogP contribution in [-0.4, -0.2) is 18.4 Å². The van der Waals surface area contributed by atoms with E-state index < -0.39 is 0 Å². The molecule has 1 aliphatic carbocycles. The quantitative estimate of drug-likeness (QED) is 0.512. The van der Waals surface area contributed by atoms with Crippen molar-refractivity contribution in [2.75, 3.05) is 11.9 Å². The Morgan fingerprint density at radius 1 is 0.967 bits per heavy atom. The van der Waals surface area contributed by atoms with E-state index in [4.69, 9.17) is 4.74 Å². The van der Waals surface area contributed by atoms with Crippen molar-refractivity contribution >= 4 is 28.3 Å². The van der Waals surface area contributed by atoms with Gasteiger partial charge in [0.25, 0.3) is 0 Å². The van der Waals surface area contributed by atoms with Crippen molar-refractivity contribution in [3.05, 3.63) is 72.3 Å². The number of fused-ring (bicyclic) bond motifs is 1. The van der Waals surface area contributed by atoms with E-state index in [9.17, 15) is 9.59 Å². The van der Waals surface area contributed by atoms with Crippen LogP contribution in [-0.2, 0) is 16.1 Å². The molecular formula is C25H26N2O3. The van der Waals surface area contributed by atoms with Gasteiger partial charge in [0.15, 0.2) is 0 Å². The summed E-state index contributed by atoms with van der Waals surface area (Å²) in [5.74, 6) is 1.09. The molecule has 0 radical (unpaired) electrons. The van der Waals surface area contributed by atoms with Crippen LogP contribution in [0.25, 0.3) is 10.8 Å². The molecule has 30 heavy (non-hydrogen) atoms. The first-order chi connectivity index (χ1) is 14.7. The van der Waals surface area contributed by atoms with Gasteiger partial charge in [0.1, 0.15) is 5.75 Å². The molecule has 3 aromatic carbocycles. The van der Waals surface area contributed by atoms with Crippen molar-refractivity contribution in [3.8, 4) is 5.75 Å². The van der Waals surface area contributed by atoms with Crippen LogP contribution in [0.1, 0.15) is 31.2 Å². The fourth-order valence-corrected chi connectivity index (χ4v) is 3.37. The van der Waals surface area contributed by atoms with E-state index in [1.807, 2.05) is 54.6 Å². The molecule has 0 heterocycles. The summed E-state index contributed by atoms with van der Waals surface area (Å²) in [5.41, 5.74) is 1.74. The van der Waals surface area contributed by atoms with E-state index in [1.165, 1.54) is 0 Å². The fraction of sp³-hybridized carbons (Fsp3) is 0.280. The first-order valence-corrected chi connectivity index (χ1v) is 10.5. The van der Waals surface area contributed by atoms with Crippen LogP contribution in [0.4, 0.5) is 5.69 Å². The highest BCUT2D eigenvalue weighted by atomic mass is 16.5. The molecule has 1 aliphatic rings. The zero-order chi connectivity index (χ0) is 20.8. The average Bonchev–Trinajstić information content (AvgIpc) is 3.61. The molecule has 0 spiro atoms. The summed E-state index contributed by atoms with van der Waals surface area (Å²) in [6.07, 6.45) is 3.01. The Hall–Kier alpha value is -3.34. The molecule has 0 saturated heterocycles. The maximum Gasteiger partial charge on any atom is 0.227 e. The van der Waals surface area contributed by atoms with Crippen LogP contribution in [0.15, 0.2) is 66.7 Å².